The molecule has 0 unspecified atom stereocenters. The lowest BCUT2D eigenvalue weighted by atomic mass is 9.82. The molecule has 1 saturated heterocycles. The smallest absolute Gasteiger partial charge is 0.255 e. The van der Waals surface area contributed by atoms with Gasteiger partial charge in [-0.05, 0) is 19.4 Å². The number of para-hydroxylation sites is 1. The van der Waals surface area contributed by atoms with Gasteiger partial charge in [0.1, 0.15) is 11.4 Å². The van der Waals surface area contributed by atoms with Crippen molar-refractivity contribution in [2.45, 2.75) is 57.7 Å². The van der Waals surface area contributed by atoms with E-state index in [0.717, 1.165) is 49.2 Å². The summed E-state index contributed by atoms with van der Waals surface area (Å²) < 4.78 is 13.8. The first-order valence-electron chi connectivity index (χ1n) is 9.81. The monoisotopic (exact) mass is 369 g/mol. The van der Waals surface area contributed by atoms with Crippen LogP contribution in [0.3, 0.4) is 0 Å². The molecule has 0 radical (unpaired) electrons. The van der Waals surface area contributed by atoms with Gasteiger partial charge in [0.05, 0.1) is 30.5 Å². The summed E-state index contributed by atoms with van der Waals surface area (Å²) >= 11 is 0. The molecule has 2 aliphatic heterocycles. The first-order valence-corrected chi connectivity index (χ1v) is 9.81. The van der Waals surface area contributed by atoms with Crippen molar-refractivity contribution in [2.75, 3.05) is 13.2 Å². The lowest BCUT2D eigenvalue weighted by molar-refractivity contribution is -0.0639. The van der Waals surface area contributed by atoms with Crippen molar-refractivity contribution in [2.24, 2.45) is 0 Å². The Balaban J connectivity index is 1.59. The van der Waals surface area contributed by atoms with E-state index in [9.17, 15) is 4.79 Å². The van der Waals surface area contributed by atoms with Crippen LogP contribution >= 0.6 is 0 Å². The number of benzene rings is 1. The van der Waals surface area contributed by atoms with Crippen LogP contribution in [0.25, 0.3) is 0 Å². The topological polar surface area (TPSA) is 65.4 Å². The molecule has 1 atom stereocenters. The van der Waals surface area contributed by atoms with Gasteiger partial charge in [-0.25, -0.2) is 0 Å². The lowest BCUT2D eigenvalue weighted by Crippen LogP contribution is -2.48. The van der Waals surface area contributed by atoms with E-state index >= 15 is 0 Å². The van der Waals surface area contributed by atoms with E-state index in [1.54, 1.807) is 0 Å². The molecule has 1 aromatic carbocycles. The maximum atomic E-state index is 13.0. The van der Waals surface area contributed by atoms with Crippen molar-refractivity contribution in [1.82, 2.24) is 15.1 Å². The summed E-state index contributed by atoms with van der Waals surface area (Å²) in [6.45, 7) is 6.21. The van der Waals surface area contributed by atoms with Crippen molar-refractivity contribution in [3.8, 4) is 5.75 Å². The predicted octanol–water partition coefficient (Wildman–Crippen LogP) is 3.40. The summed E-state index contributed by atoms with van der Waals surface area (Å²) in [6.07, 6.45) is 5.30. The number of nitrogens with zero attached hydrogens (tertiary/aromatic N) is 2. The van der Waals surface area contributed by atoms with E-state index in [2.05, 4.69) is 17.3 Å². The third-order valence-electron chi connectivity index (χ3n) is 5.55. The van der Waals surface area contributed by atoms with Crippen LogP contribution in [0.1, 0.15) is 60.3 Å². The number of carbonyl (C=O) groups is 1. The molecular formula is C21H27N3O3. The molecule has 1 N–H and O–H groups in total. The molecule has 4 rings (SSSR count). The summed E-state index contributed by atoms with van der Waals surface area (Å²) in [4.78, 5) is 13.0. The van der Waals surface area contributed by atoms with Crippen LogP contribution in [-0.2, 0) is 11.3 Å². The fourth-order valence-electron chi connectivity index (χ4n) is 4.12. The molecule has 0 saturated carbocycles. The minimum Gasteiger partial charge on any atom is -0.487 e. The van der Waals surface area contributed by atoms with Crippen LogP contribution in [0.4, 0.5) is 0 Å². The van der Waals surface area contributed by atoms with Crippen molar-refractivity contribution in [3.63, 3.8) is 0 Å². The number of rotatable bonds is 4. The second-order valence-corrected chi connectivity index (χ2v) is 7.56. The van der Waals surface area contributed by atoms with E-state index in [4.69, 9.17) is 9.47 Å². The maximum absolute atomic E-state index is 13.0. The molecule has 6 nitrogen and oxygen atoms in total. The first kappa shape index (κ1) is 18.0. The zero-order chi connectivity index (χ0) is 18.9. The number of aryl methyl sites for hydroxylation is 2. The number of hydrogen-bond donors (Lipinski definition) is 1. The minimum absolute atomic E-state index is 0.0706. The number of amides is 1. The number of nitrogens with one attached hydrogen (secondary N) is 1. The molecule has 3 heterocycles. The largest absolute Gasteiger partial charge is 0.487 e. The highest BCUT2D eigenvalue weighted by atomic mass is 16.5. The van der Waals surface area contributed by atoms with Gasteiger partial charge < -0.3 is 14.8 Å². The van der Waals surface area contributed by atoms with E-state index in [1.807, 2.05) is 42.1 Å². The summed E-state index contributed by atoms with van der Waals surface area (Å²) in [5.74, 6) is 0.799. The highest BCUT2D eigenvalue weighted by Crippen LogP contribution is 2.43. The molecule has 0 bridgehead atoms. The predicted molar refractivity (Wildman–Crippen MR) is 102 cm³/mol. The Hall–Kier alpha value is -2.34. The molecule has 1 fully saturated rings. The molecule has 2 aliphatic rings. The number of fused-ring (bicyclic) bond motifs is 1. The molecule has 0 aliphatic carbocycles. The second kappa shape index (κ2) is 7.35. The van der Waals surface area contributed by atoms with Gasteiger partial charge >= 0.3 is 0 Å². The Kier molecular flexibility index (Phi) is 4.91. The van der Waals surface area contributed by atoms with E-state index in [1.165, 1.54) is 0 Å². The highest BCUT2D eigenvalue weighted by Gasteiger charge is 2.42. The molecule has 1 spiro atoms. The number of ether oxygens (including phenoxy) is 2. The van der Waals surface area contributed by atoms with Crippen molar-refractivity contribution >= 4 is 5.91 Å². The van der Waals surface area contributed by atoms with Crippen LogP contribution in [0.5, 0.6) is 5.75 Å². The van der Waals surface area contributed by atoms with Gasteiger partial charge in [0.2, 0.25) is 0 Å². The number of hydrogen-bond acceptors (Lipinski definition) is 4. The summed E-state index contributed by atoms with van der Waals surface area (Å²) in [5.41, 5.74) is 2.20. The summed E-state index contributed by atoms with van der Waals surface area (Å²) in [6, 6.07) is 7.94. The minimum atomic E-state index is -0.258. The van der Waals surface area contributed by atoms with Gasteiger partial charge in [0.15, 0.2) is 0 Å². The molecule has 1 amide bonds. The Labute approximate surface area is 159 Å². The Morgan fingerprint density at radius 2 is 2.11 bits per heavy atom. The van der Waals surface area contributed by atoms with Gasteiger partial charge in [-0.2, -0.15) is 5.10 Å². The average Bonchev–Trinajstić information content (AvgIpc) is 3.03. The molecule has 144 valence electrons. The fourth-order valence-corrected chi connectivity index (χ4v) is 4.12. The van der Waals surface area contributed by atoms with E-state index < -0.39 is 0 Å². The molecule has 2 aromatic rings. The van der Waals surface area contributed by atoms with Crippen molar-refractivity contribution in [3.05, 3.63) is 47.3 Å². The van der Waals surface area contributed by atoms with Crippen LogP contribution in [-0.4, -0.2) is 34.5 Å². The summed E-state index contributed by atoms with van der Waals surface area (Å²) in [5, 5.41) is 7.70. The van der Waals surface area contributed by atoms with Crippen LogP contribution in [0, 0.1) is 6.92 Å². The van der Waals surface area contributed by atoms with E-state index in [0.29, 0.717) is 18.8 Å². The maximum Gasteiger partial charge on any atom is 0.255 e. The number of carbonyl (C=O) groups excluding carboxylic acids is 1. The third kappa shape index (κ3) is 3.58. The van der Waals surface area contributed by atoms with E-state index in [-0.39, 0.29) is 17.6 Å². The molecule has 27 heavy (non-hydrogen) atoms. The fraction of sp³-hybridized carbons (Fsp3) is 0.524. The Morgan fingerprint density at radius 3 is 2.89 bits per heavy atom. The highest BCUT2D eigenvalue weighted by molar-refractivity contribution is 5.95. The van der Waals surface area contributed by atoms with Crippen molar-refractivity contribution in [1.29, 1.82) is 0 Å². The van der Waals surface area contributed by atoms with Crippen LogP contribution in [0.15, 0.2) is 30.5 Å². The summed E-state index contributed by atoms with van der Waals surface area (Å²) in [7, 11) is 0. The molecule has 6 heteroatoms. The average molecular weight is 369 g/mol. The third-order valence-corrected chi connectivity index (χ3v) is 5.55. The van der Waals surface area contributed by atoms with Crippen LogP contribution < -0.4 is 10.1 Å². The molecule has 1 aromatic heterocycles. The lowest BCUT2D eigenvalue weighted by Gasteiger charge is -2.44. The SMILES string of the molecule is CCCn1cc(C(=O)N[C@H]2CC3(CCOCC3)Oc3ccccc32)c(C)n1. The zero-order valence-electron chi connectivity index (χ0n) is 16.0. The Bertz CT molecular complexity index is 824. The Morgan fingerprint density at radius 1 is 1.33 bits per heavy atom. The molecular weight excluding hydrogens is 342 g/mol. The number of aromatic nitrogens is 2. The van der Waals surface area contributed by atoms with Gasteiger partial charge in [-0.3, -0.25) is 9.48 Å². The van der Waals surface area contributed by atoms with Gasteiger partial charge in [-0.1, -0.05) is 25.1 Å². The van der Waals surface area contributed by atoms with Gasteiger partial charge in [-0.15, -0.1) is 0 Å². The first-order chi connectivity index (χ1) is 13.1. The van der Waals surface area contributed by atoms with Gasteiger partial charge in [0.25, 0.3) is 5.91 Å². The van der Waals surface area contributed by atoms with Crippen LogP contribution in [0.2, 0.25) is 0 Å². The normalized spacial score (nSPS) is 20.7. The second-order valence-electron chi connectivity index (χ2n) is 7.56. The van der Waals surface area contributed by atoms with Crippen molar-refractivity contribution < 1.29 is 14.3 Å². The standard InChI is InChI=1S/C21H27N3O3/c1-3-10-24-14-17(15(2)23-24)20(25)22-18-13-21(8-11-26-12-9-21)27-19-7-5-4-6-16(18)19/h4-7,14,18H,3,8-13H2,1-2H3,(H,22,25)/t18-/m0/s1. The zero-order valence-corrected chi connectivity index (χ0v) is 16.0. The van der Waals surface area contributed by atoms with Gasteiger partial charge in [0, 0.05) is 37.6 Å². The quantitative estimate of drug-likeness (QED) is 0.897.